The molecule has 3 atom stereocenters. The number of hydrogen-bond donors (Lipinski definition) is 1. The van der Waals surface area contributed by atoms with E-state index in [2.05, 4.69) is 31.8 Å². The highest BCUT2D eigenvalue weighted by atomic mass is 19.1. The van der Waals surface area contributed by atoms with E-state index < -0.39 is 5.82 Å². The Morgan fingerprint density at radius 2 is 1.90 bits per heavy atom. The number of anilines is 2. The van der Waals surface area contributed by atoms with Crippen molar-refractivity contribution < 1.29 is 13.9 Å². The molecule has 2 bridgehead atoms. The molecule has 11 heteroatoms. The molecule has 0 radical (unpaired) electrons. The van der Waals surface area contributed by atoms with E-state index >= 15 is 4.39 Å². The Labute approximate surface area is 241 Å². The second-order valence-corrected chi connectivity index (χ2v) is 11.0. The lowest BCUT2D eigenvalue weighted by molar-refractivity contribution is -0.130. The van der Waals surface area contributed by atoms with Gasteiger partial charge in [-0.05, 0) is 62.4 Å². The maximum absolute atomic E-state index is 15.4. The van der Waals surface area contributed by atoms with E-state index in [0.29, 0.717) is 33.9 Å². The van der Waals surface area contributed by atoms with Gasteiger partial charge in [-0.25, -0.2) is 29.3 Å². The molecule has 1 aromatic carbocycles. The van der Waals surface area contributed by atoms with Gasteiger partial charge in [0.25, 0.3) is 0 Å². The van der Waals surface area contributed by atoms with Crippen LogP contribution in [0.15, 0.2) is 61.8 Å². The van der Waals surface area contributed by atoms with E-state index in [4.69, 9.17) is 9.72 Å². The second kappa shape index (κ2) is 10.2. The van der Waals surface area contributed by atoms with Crippen molar-refractivity contribution in [2.75, 3.05) is 5.32 Å². The number of nitrogens with one attached hydrogen (secondary N) is 1. The minimum absolute atomic E-state index is 0.00647. The third kappa shape index (κ3) is 4.50. The number of carbonyl (C=O) groups is 1. The van der Waals surface area contributed by atoms with Gasteiger partial charge in [0.05, 0.1) is 23.7 Å². The molecule has 1 amide bonds. The van der Waals surface area contributed by atoms with E-state index in [9.17, 15) is 4.79 Å². The Kier molecular flexibility index (Phi) is 6.29. The molecule has 6 heterocycles. The standard InChI is InChI=1S/C31H29FN8O2/c1-4-28(41)40-19-5-6-20(40)11-18(10-19)23-7-8-24-29(37-23)30(35-15-34-24)38-25-9-17(2)27(13-22(25)32)42-21-12-26-31(33-14-21)39(3)16-36-26/h4,7-9,12-16,18-20H,1,5-6,10-11H2,2-3H3,(H,34,35,38)/t18-,19+,20-. The summed E-state index contributed by atoms with van der Waals surface area (Å²) in [6.07, 6.45) is 9.82. The van der Waals surface area contributed by atoms with Gasteiger partial charge in [-0.1, -0.05) is 6.58 Å². The molecule has 0 saturated carbocycles. The first-order valence-electron chi connectivity index (χ1n) is 14.0. The van der Waals surface area contributed by atoms with Crippen molar-refractivity contribution in [2.24, 2.45) is 7.05 Å². The number of benzene rings is 1. The van der Waals surface area contributed by atoms with E-state index in [1.807, 2.05) is 35.6 Å². The summed E-state index contributed by atoms with van der Waals surface area (Å²) in [6, 6.07) is 9.12. The van der Waals surface area contributed by atoms with Crippen LogP contribution in [0, 0.1) is 12.7 Å². The molecule has 0 spiro atoms. The smallest absolute Gasteiger partial charge is 0.246 e. The number of nitrogens with zero attached hydrogens (tertiary/aromatic N) is 7. The molecule has 2 aliphatic heterocycles. The molecule has 0 unspecified atom stereocenters. The lowest BCUT2D eigenvalue weighted by atomic mass is 9.87. The topological polar surface area (TPSA) is 111 Å². The number of rotatable bonds is 6. The summed E-state index contributed by atoms with van der Waals surface area (Å²) in [5, 5.41) is 3.13. The highest BCUT2D eigenvalue weighted by Gasteiger charge is 2.43. The zero-order valence-corrected chi connectivity index (χ0v) is 23.3. The van der Waals surface area contributed by atoms with Gasteiger partial charge in [0.2, 0.25) is 5.91 Å². The largest absolute Gasteiger partial charge is 0.455 e. The second-order valence-electron chi connectivity index (χ2n) is 11.0. The molecule has 2 fully saturated rings. The fourth-order valence-corrected chi connectivity index (χ4v) is 6.33. The third-order valence-corrected chi connectivity index (χ3v) is 8.36. The highest BCUT2D eigenvalue weighted by Crippen LogP contribution is 2.43. The summed E-state index contributed by atoms with van der Waals surface area (Å²) in [6.45, 7) is 5.52. The number of piperidine rings is 1. The van der Waals surface area contributed by atoms with Crippen LogP contribution < -0.4 is 10.1 Å². The quantitative estimate of drug-likeness (QED) is 0.261. The zero-order valence-electron chi connectivity index (χ0n) is 23.3. The van der Waals surface area contributed by atoms with Crippen molar-refractivity contribution in [1.82, 2.24) is 34.4 Å². The molecule has 212 valence electrons. The SMILES string of the molecule is C=CC(=O)N1[C@@H]2CC[C@H]1C[C@@H](c1ccc3ncnc(Nc4cc(C)c(Oc5cnc6c(c5)ncn6C)cc4F)c3n1)C2. The number of aryl methyl sites for hydroxylation is 2. The first-order valence-corrected chi connectivity index (χ1v) is 14.0. The maximum atomic E-state index is 15.4. The van der Waals surface area contributed by atoms with Crippen LogP contribution in [-0.2, 0) is 11.8 Å². The van der Waals surface area contributed by atoms with E-state index in [1.54, 1.807) is 24.7 Å². The van der Waals surface area contributed by atoms with Gasteiger partial charge in [0.15, 0.2) is 11.5 Å². The van der Waals surface area contributed by atoms with Crippen LogP contribution in [0.3, 0.4) is 0 Å². The monoisotopic (exact) mass is 564 g/mol. The van der Waals surface area contributed by atoms with Gasteiger partial charge >= 0.3 is 0 Å². The lowest BCUT2D eigenvalue weighted by Gasteiger charge is -2.38. The number of imidazole rings is 1. The van der Waals surface area contributed by atoms with Crippen LogP contribution in [0.5, 0.6) is 11.5 Å². The molecule has 5 aromatic rings. The molecule has 0 aliphatic carbocycles. The Balaban J connectivity index is 1.14. The number of amides is 1. The Bertz CT molecular complexity index is 1860. The molecule has 1 N–H and O–H groups in total. The molecular weight excluding hydrogens is 535 g/mol. The van der Waals surface area contributed by atoms with Gasteiger partial charge in [-0.2, -0.15) is 0 Å². The number of ether oxygens (including phenoxy) is 1. The van der Waals surface area contributed by atoms with Crippen molar-refractivity contribution in [3.05, 3.63) is 78.9 Å². The van der Waals surface area contributed by atoms with Gasteiger partial charge < -0.3 is 19.5 Å². The van der Waals surface area contributed by atoms with Crippen molar-refractivity contribution in [3.63, 3.8) is 0 Å². The number of hydrogen-bond acceptors (Lipinski definition) is 8. The number of halogens is 1. The molecule has 7 rings (SSSR count). The molecule has 42 heavy (non-hydrogen) atoms. The molecule has 2 aliphatic rings. The summed E-state index contributed by atoms with van der Waals surface area (Å²) in [4.78, 5) is 36.8. The van der Waals surface area contributed by atoms with Crippen LogP contribution in [0.2, 0.25) is 0 Å². The molecule has 10 nitrogen and oxygen atoms in total. The summed E-state index contributed by atoms with van der Waals surface area (Å²) < 4.78 is 23.2. The number of fused-ring (bicyclic) bond motifs is 4. The van der Waals surface area contributed by atoms with Gasteiger partial charge in [-0.15, -0.1) is 0 Å². The van der Waals surface area contributed by atoms with Crippen molar-refractivity contribution in [1.29, 1.82) is 0 Å². The fraction of sp³-hybridized carbons (Fsp3) is 0.290. The lowest BCUT2D eigenvalue weighted by Crippen LogP contribution is -2.45. The summed E-state index contributed by atoms with van der Waals surface area (Å²) in [7, 11) is 1.87. The predicted molar refractivity (Wildman–Crippen MR) is 156 cm³/mol. The molecule has 2 saturated heterocycles. The van der Waals surface area contributed by atoms with Crippen LogP contribution in [-0.4, -0.2) is 52.4 Å². The van der Waals surface area contributed by atoms with E-state index in [0.717, 1.165) is 42.6 Å². The van der Waals surface area contributed by atoms with E-state index in [-0.39, 0.29) is 29.6 Å². The first-order chi connectivity index (χ1) is 20.4. The van der Waals surface area contributed by atoms with Gasteiger partial charge in [0, 0.05) is 42.9 Å². The normalized spacial score (nSPS) is 19.8. The summed E-state index contributed by atoms with van der Waals surface area (Å²) >= 11 is 0. The fourth-order valence-electron chi connectivity index (χ4n) is 6.33. The van der Waals surface area contributed by atoms with Gasteiger partial charge in [0.1, 0.15) is 34.7 Å². The molecular formula is C31H29FN8O2. The average molecular weight is 565 g/mol. The van der Waals surface area contributed by atoms with Crippen LogP contribution in [0.25, 0.3) is 22.2 Å². The zero-order chi connectivity index (χ0) is 29.0. The van der Waals surface area contributed by atoms with Crippen LogP contribution >= 0.6 is 0 Å². The third-order valence-electron chi connectivity index (χ3n) is 8.36. The highest BCUT2D eigenvalue weighted by molar-refractivity contribution is 5.88. The first kappa shape index (κ1) is 26.0. The van der Waals surface area contributed by atoms with Crippen LogP contribution in [0.1, 0.15) is 42.9 Å². The van der Waals surface area contributed by atoms with Crippen LogP contribution in [0.4, 0.5) is 15.9 Å². The van der Waals surface area contributed by atoms with Crippen molar-refractivity contribution in [3.8, 4) is 11.5 Å². The average Bonchev–Trinajstić information content (AvgIpc) is 3.49. The van der Waals surface area contributed by atoms with E-state index in [1.165, 1.54) is 18.5 Å². The molecule has 4 aromatic heterocycles. The number of carbonyl (C=O) groups excluding carboxylic acids is 1. The predicted octanol–water partition coefficient (Wildman–Crippen LogP) is 5.71. The van der Waals surface area contributed by atoms with Gasteiger partial charge in [-0.3, -0.25) is 4.79 Å². The minimum Gasteiger partial charge on any atom is -0.455 e. The van der Waals surface area contributed by atoms with Crippen molar-refractivity contribution >= 4 is 39.6 Å². The number of aromatic nitrogens is 6. The summed E-state index contributed by atoms with van der Waals surface area (Å²) in [5.74, 6) is 0.980. The Morgan fingerprint density at radius 1 is 1.10 bits per heavy atom. The summed E-state index contributed by atoms with van der Waals surface area (Å²) in [5.41, 5.74) is 4.56. The minimum atomic E-state index is -0.499. The van der Waals surface area contributed by atoms with Crippen molar-refractivity contribution in [2.45, 2.75) is 50.6 Å². The maximum Gasteiger partial charge on any atom is 0.246 e. The Hall–Kier alpha value is -4.93. The number of pyridine rings is 2. The Morgan fingerprint density at radius 3 is 2.69 bits per heavy atom.